The summed E-state index contributed by atoms with van der Waals surface area (Å²) in [5.74, 6) is -0.635. The van der Waals surface area contributed by atoms with Crippen molar-refractivity contribution in [2.24, 2.45) is 0 Å². The van der Waals surface area contributed by atoms with Crippen LogP contribution in [0.15, 0.2) is 194 Å². The quantitative estimate of drug-likeness (QED) is 0.0373. The Hall–Kier alpha value is -5.26. The van der Waals surface area contributed by atoms with E-state index in [0.29, 0.717) is 12.8 Å². The molecule has 0 saturated carbocycles. The Balaban J connectivity index is 3.65. The minimum absolute atomic E-state index is 0.0908. The summed E-state index contributed by atoms with van der Waals surface area (Å²) in [6.07, 6.45) is 105. The third-order valence-corrected chi connectivity index (χ3v) is 12.4. The summed E-state index contributed by atoms with van der Waals surface area (Å²) < 4.78 is 10.7. The van der Waals surface area contributed by atoms with Crippen LogP contribution in [-0.2, 0) is 19.1 Å². The molecule has 0 amide bonds. The van der Waals surface area contributed by atoms with Crippen LogP contribution in [0.3, 0.4) is 0 Å². The maximum atomic E-state index is 12.3. The molecule has 1 unspecified atom stereocenters. The Morgan fingerprint density at radius 2 is 0.513 bits per heavy atom. The van der Waals surface area contributed by atoms with Gasteiger partial charge in [-0.3, -0.25) is 9.59 Å². The molecule has 0 bridgehead atoms. The highest BCUT2D eigenvalue weighted by Crippen LogP contribution is 2.13. The molecule has 0 aliphatic heterocycles. The van der Waals surface area contributed by atoms with Gasteiger partial charge in [0, 0.05) is 12.8 Å². The van der Waals surface area contributed by atoms with Crippen LogP contribution in [0.2, 0.25) is 0 Å². The van der Waals surface area contributed by atoms with E-state index in [1.165, 1.54) is 38.5 Å². The van der Waals surface area contributed by atoms with Gasteiger partial charge >= 0.3 is 11.9 Å². The zero-order valence-electron chi connectivity index (χ0n) is 49.6. The van der Waals surface area contributed by atoms with Crippen LogP contribution in [-0.4, -0.2) is 36.4 Å². The molecule has 0 spiro atoms. The van der Waals surface area contributed by atoms with Crippen molar-refractivity contribution in [1.82, 2.24) is 0 Å². The predicted molar refractivity (Wildman–Crippen MR) is 342 cm³/mol. The molecule has 0 saturated heterocycles. The van der Waals surface area contributed by atoms with Gasteiger partial charge in [-0.05, 0) is 141 Å². The van der Waals surface area contributed by atoms with Crippen LogP contribution in [0.5, 0.6) is 0 Å². The van der Waals surface area contributed by atoms with E-state index >= 15 is 0 Å². The molecule has 0 rings (SSSR count). The first-order chi connectivity index (χ1) is 38.6. The molecule has 0 fully saturated rings. The first-order valence-corrected chi connectivity index (χ1v) is 31.0. The zero-order valence-corrected chi connectivity index (χ0v) is 49.6. The van der Waals surface area contributed by atoms with Gasteiger partial charge in [0.15, 0.2) is 6.10 Å². The lowest BCUT2D eigenvalue weighted by Crippen LogP contribution is -2.28. The van der Waals surface area contributed by atoms with Crippen LogP contribution in [0, 0.1) is 0 Å². The first kappa shape index (κ1) is 72.7. The Labute approximate surface area is 479 Å². The third-order valence-electron chi connectivity index (χ3n) is 12.4. The molecular weight excluding hydrogens is 957 g/mol. The number of carbonyl (C=O) groups excluding carboxylic acids is 2. The molecule has 0 aromatic heterocycles. The van der Waals surface area contributed by atoms with Crippen molar-refractivity contribution in [1.29, 1.82) is 0 Å². The molecule has 0 aliphatic rings. The van der Waals surface area contributed by atoms with Gasteiger partial charge in [0.25, 0.3) is 0 Å². The molecular formula is C73H112O5. The van der Waals surface area contributed by atoms with E-state index < -0.39 is 6.10 Å². The van der Waals surface area contributed by atoms with Gasteiger partial charge in [-0.25, -0.2) is 0 Å². The fourth-order valence-corrected chi connectivity index (χ4v) is 7.82. The summed E-state index contributed by atoms with van der Waals surface area (Å²) in [6.45, 7) is 3.88. The smallest absolute Gasteiger partial charge is 0.306 e. The maximum Gasteiger partial charge on any atom is 0.306 e. The summed E-state index contributed by atoms with van der Waals surface area (Å²) >= 11 is 0. The molecule has 5 heteroatoms. The SMILES string of the molecule is CC/C=C\C/C=C\C/C=C\C/C=C\C/C=C\C/C=C\C/C=C\C/C=C\C/C=C\CCCCCCCC(=O)OC(CO)COC(=O)CCCCCCCCCCC/C=C\C/C=C\C/C=C\C/C=C\C/C=C\C/C=C\C/C=C\CC. The highest BCUT2D eigenvalue weighted by molar-refractivity contribution is 5.70. The molecule has 434 valence electrons. The van der Waals surface area contributed by atoms with Gasteiger partial charge in [-0.2, -0.15) is 0 Å². The summed E-state index contributed by atoms with van der Waals surface area (Å²) in [5.41, 5.74) is 0. The maximum absolute atomic E-state index is 12.3. The molecule has 0 radical (unpaired) electrons. The second-order valence-corrected chi connectivity index (χ2v) is 19.7. The number of carbonyl (C=O) groups is 2. The van der Waals surface area contributed by atoms with Crippen molar-refractivity contribution in [2.75, 3.05) is 13.2 Å². The molecule has 0 aromatic rings. The summed E-state index contributed by atoms with van der Waals surface area (Å²) in [6, 6.07) is 0. The van der Waals surface area contributed by atoms with Crippen molar-refractivity contribution in [3.8, 4) is 0 Å². The summed E-state index contributed by atoms with van der Waals surface area (Å²) in [4.78, 5) is 24.6. The molecule has 0 aromatic carbocycles. The van der Waals surface area contributed by atoms with Crippen molar-refractivity contribution >= 4 is 11.9 Å². The van der Waals surface area contributed by atoms with Crippen LogP contribution in [0.25, 0.3) is 0 Å². The predicted octanol–water partition coefficient (Wildman–Crippen LogP) is 21.6. The minimum atomic E-state index is -0.803. The zero-order chi connectivity index (χ0) is 56.2. The van der Waals surface area contributed by atoms with E-state index in [2.05, 4.69) is 208 Å². The second-order valence-electron chi connectivity index (χ2n) is 19.7. The number of hydrogen-bond acceptors (Lipinski definition) is 5. The molecule has 0 aliphatic carbocycles. The Bertz CT molecular complexity index is 1830. The van der Waals surface area contributed by atoms with E-state index in [-0.39, 0.29) is 25.2 Å². The molecule has 5 nitrogen and oxygen atoms in total. The third kappa shape index (κ3) is 63.3. The highest BCUT2D eigenvalue weighted by atomic mass is 16.6. The average molecular weight is 1070 g/mol. The van der Waals surface area contributed by atoms with Crippen molar-refractivity contribution in [3.63, 3.8) is 0 Å². The van der Waals surface area contributed by atoms with Crippen molar-refractivity contribution < 1.29 is 24.2 Å². The largest absolute Gasteiger partial charge is 0.462 e. The van der Waals surface area contributed by atoms with E-state index in [1.54, 1.807) is 0 Å². The monoisotopic (exact) mass is 1070 g/mol. The van der Waals surface area contributed by atoms with Gasteiger partial charge in [0.2, 0.25) is 0 Å². The van der Waals surface area contributed by atoms with Crippen LogP contribution in [0.4, 0.5) is 0 Å². The van der Waals surface area contributed by atoms with E-state index in [4.69, 9.17) is 9.47 Å². The van der Waals surface area contributed by atoms with Crippen molar-refractivity contribution in [2.45, 2.75) is 238 Å². The number of rotatable bonds is 54. The summed E-state index contributed by atoms with van der Waals surface area (Å²) in [7, 11) is 0. The van der Waals surface area contributed by atoms with Gasteiger partial charge < -0.3 is 14.6 Å². The fourth-order valence-electron chi connectivity index (χ4n) is 7.82. The Morgan fingerprint density at radius 1 is 0.295 bits per heavy atom. The van der Waals surface area contributed by atoms with Crippen LogP contribution >= 0.6 is 0 Å². The topological polar surface area (TPSA) is 72.8 Å². The number of unbranched alkanes of at least 4 members (excludes halogenated alkanes) is 14. The minimum Gasteiger partial charge on any atom is -0.462 e. The number of aliphatic hydroxyl groups excluding tert-OH is 1. The molecule has 0 heterocycles. The lowest BCUT2D eigenvalue weighted by Gasteiger charge is -2.15. The number of ether oxygens (including phenoxy) is 2. The van der Waals surface area contributed by atoms with Crippen LogP contribution in [0.1, 0.15) is 232 Å². The number of hydrogen-bond donors (Lipinski definition) is 1. The van der Waals surface area contributed by atoms with Gasteiger partial charge in [-0.1, -0.05) is 272 Å². The lowest BCUT2D eigenvalue weighted by atomic mass is 10.1. The van der Waals surface area contributed by atoms with Gasteiger partial charge in [0.1, 0.15) is 6.61 Å². The number of allylic oxidation sites excluding steroid dienone is 32. The molecule has 78 heavy (non-hydrogen) atoms. The fraction of sp³-hybridized carbons (Fsp3) is 0.534. The molecule has 1 N–H and O–H groups in total. The van der Waals surface area contributed by atoms with Crippen LogP contribution < -0.4 is 0 Å². The van der Waals surface area contributed by atoms with E-state index in [0.717, 1.165) is 167 Å². The average Bonchev–Trinajstić information content (AvgIpc) is 3.44. The Kier molecular flexibility index (Phi) is 61.6. The van der Waals surface area contributed by atoms with Gasteiger partial charge in [0.05, 0.1) is 6.61 Å². The number of esters is 2. The van der Waals surface area contributed by atoms with E-state index in [9.17, 15) is 14.7 Å². The second kappa shape index (κ2) is 66.0. The number of aliphatic hydroxyl groups is 1. The molecule has 1 atom stereocenters. The lowest BCUT2D eigenvalue weighted by molar-refractivity contribution is -0.161. The first-order valence-electron chi connectivity index (χ1n) is 31.0. The Morgan fingerprint density at radius 3 is 0.769 bits per heavy atom. The summed E-state index contributed by atoms with van der Waals surface area (Å²) in [5, 5.41) is 9.68. The highest BCUT2D eigenvalue weighted by Gasteiger charge is 2.16. The van der Waals surface area contributed by atoms with Crippen molar-refractivity contribution in [3.05, 3.63) is 194 Å². The standard InChI is InChI=1S/C73H112O5/c1-3-5-7-9-11-13-15-17-19-21-23-25-27-29-31-33-35-36-38-40-42-44-46-48-50-52-54-56-58-60-62-64-66-68-73(76)78-71(69-74)70-77-72(75)67-65-63-61-59-57-55-53-51-49-47-45-43-41-39-37-34-32-30-28-26-24-22-20-18-16-14-12-10-8-6-4-2/h5-8,11-14,17-20,23-26,29-32,35-37,39-40,42-43,45-46,48,52,54,71,74H,3-4,9-10,15-16,21-22,27-28,33-34,38,41,44,47,49-51,53,55-70H2,1-2H3/b7-5-,8-6-,13-11-,14-12-,19-17-,20-18-,25-23-,26-24-,31-29-,32-30-,36-35-,39-37-,42-40-,45-43-,48-46-,54-52-. The normalized spacial score (nSPS) is 13.6. The van der Waals surface area contributed by atoms with Gasteiger partial charge in [-0.15, -0.1) is 0 Å². The van der Waals surface area contributed by atoms with E-state index in [1.807, 2.05) is 0 Å².